The highest BCUT2D eigenvalue weighted by Gasteiger charge is 2.14. The summed E-state index contributed by atoms with van der Waals surface area (Å²) in [6.07, 6.45) is 1.47. The quantitative estimate of drug-likeness (QED) is 0.566. The Bertz CT molecular complexity index is 1060. The van der Waals surface area contributed by atoms with E-state index >= 15 is 0 Å². The molecule has 3 N–H and O–H groups in total. The van der Waals surface area contributed by atoms with Crippen LogP contribution in [0.25, 0.3) is 0 Å². The van der Waals surface area contributed by atoms with Gasteiger partial charge in [-0.25, -0.2) is 0 Å². The van der Waals surface area contributed by atoms with E-state index in [1.54, 1.807) is 42.5 Å². The van der Waals surface area contributed by atoms with E-state index in [-0.39, 0.29) is 11.6 Å². The van der Waals surface area contributed by atoms with Crippen molar-refractivity contribution in [1.82, 2.24) is 10.3 Å². The number of carbonyl (C=O) groups excluding carboxylic acids is 3. The maximum atomic E-state index is 12.1. The number of hydrogen-bond acceptors (Lipinski definition) is 5. The Labute approximate surface area is 173 Å². The highest BCUT2D eigenvalue weighted by Crippen LogP contribution is 2.23. The average Bonchev–Trinajstić information content (AvgIpc) is 2.76. The molecule has 0 aliphatic carbocycles. The first-order valence-electron chi connectivity index (χ1n) is 9.09. The fourth-order valence-corrected chi connectivity index (χ4v) is 2.48. The van der Waals surface area contributed by atoms with Crippen molar-refractivity contribution in [2.75, 3.05) is 17.7 Å². The summed E-state index contributed by atoms with van der Waals surface area (Å²) >= 11 is 0. The Hall–Kier alpha value is -4.20. The van der Waals surface area contributed by atoms with Gasteiger partial charge in [0.1, 0.15) is 17.2 Å². The summed E-state index contributed by atoms with van der Waals surface area (Å²) in [5, 5.41) is 7.56. The van der Waals surface area contributed by atoms with Crippen molar-refractivity contribution in [3.05, 3.63) is 78.1 Å². The van der Waals surface area contributed by atoms with Crippen LogP contribution in [-0.2, 0) is 9.59 Å². The molecule has 0 saturated carbocycles. The van der Waals surface area contributed by atoms with E-state index in [0.717, 1.165) is 5.56 Å². The van der Waals surface area contributed by atoms with E-state index in [0.29, 0.717) is 22.9 Å². The largest absolute Gasteiger partial charge is 0.457 e. The van der Waals surface area contributed by atoms with Crippen LogP contribution >= 0.6 is 0 Å². The second-order valence-electron chi connectivity index (χ2n) is 6.36. The Morgan fingerprint density at radius 3 is 1.93 bits per heavy atom. The normalized spacial score (nSPS) is 10.1. The van der Waals surface area contributed by atoms with Crippen molar-refractivity contribution in [1.29, 1.82) is 0 Å². The summed E-state index contributed by atoms with van der Waals surface area (Å²) in [4.78, 5) is 39.7. The van der Waals surface area contributed by atoms with Gasteiger partial charge in [-0.3, -0.25) is 19.4 Å². The molecule has 1 heterocycles. The standard InChI is InChI=1S/C22H20N4O4/c1-14-3-5-15(6-4-14)25-21(28)22(29)26-16-7-9-17(10-8-16)30-18-11-12-24-19(13-18)20(27)23-2/h3-13H,1-2H3,(H,23,27)(H,25,28)(H,26,29). The summed E-state index contributed by atoms with van der Waals surface area (Å²) in [5.74, 6) is -0.933. The van der Waals surface area contributed by atoms with E-state index in [4.69, 9.17) is 4.74 Å². The zero-order valence-electron chi connectivity index (χ0n) is 16.4. The van der Waals surface area contributed by atoms with E-state index < -0.39 is 11.8 Å². The lowest BCUT2D eigenvalue weighted by atomic mass is 10.2. The van der Waals surface area contributed by atoms with E-state index in [2.05, 4.69) is 20.9 Å². The summed E-state index contributed by atoms with van der Waals surface area (Å²) in [7, 11) is 1.52. The van der Waals surface area contributed by atoms with Crippen LogP contribution < -0.4 is 20.7 Å². The van der Waals surface area contributed by atoms with Crippen LogP contribution in [0.5, 0.6) is 11.5 Å². The first kappa shape index (κ1) is 20.5. The number of ether oxygens (including phenoxy) is 1. The number of nitrogens with one attached hydrogen (secondary N) is 3. The van der Waals surface area contributed by atoms with Crippen molar-refractivity contribution >= 4 is 29.1 Å². The maximum absolute atomic E-state index is 12.1. The van der Waals surface area contributed by atoms with Gasteiger partial charge in [0.05, 0.1) is 0 Å². The van der Waals surface area contributed by atoms with E-state index in [1.165, 1.54) is 19.3 Å². The van der Waals surface area contributed by atoms with Gasteiger partial charge in [0, 0.05) is 30.7 Å². The van der Waals surface area contributed by atoms with Crippen molar-refractivity contribution in [2.45, 2.75) is 6.92 Å². The molecule has 0 aliphatic rings. The van der Waals surface area contributed by atoms with Crippen molar-refractivity contribution in [3.8, 4) is 11.5 Å². The minimum absolute atomic E-state index is 0.235. The summed E-state index contributed by atoms with van der Waals surface area (Å²) in [5.41, 5.74) is 2.26. The van der Waals surface area contributed by atoms with Gasteiger partial charge in [0.2, 0.25) is 0 Å². The maximum Gasteiger partial charge on any atom is 0.314 e. The van der Waals surface area contributed by atoms with Crippen LogP contribution in [0.15, 0.2) is 66.9 Å². The van der Waals surface area contributed by atoms with Crippen LogP contribution in [0.1, 0.15) is 16.1 Å². The lowest BCUT2D eigenvalue weighted by Gasteiger charge is -2.09. The molecule has 0 unspecified atom stereocenters. The number of hydrogen-bond donors (Lipinski definition) is 3. The molecule has 30 heavy (non-hydrogen) atoms. The van der Waals surface area contributed by atoms with Gasteiger partial charge >= 0.3 is 11.8 Å². The molecule has 1 aromatic heterocycles. The van der Waals surface area contributed by atoms with Crippen LogP contribution in [0, 0.1) is 6.92 Å². The van der Waals surface area contributed by atoms with Gasteiger partial charge in [-0.1, -0.05) is 17.7 Å². The average molecular weight is 404 g/mol. The second-order valence-corrected chi connectivity index (χ2v) is 6.36. The monoisotopic (exact) mass is 404 g/mol. The summed E-state index contributed by atoms with van der Waals surface area (Å²) in [6.45, 7) is 1.93. The number of amides is 3. The molecular weight excluding hydrogens is 384 g/mol. The molecule has 0 atom stereocenters. The SMILES string of the molecule is CNC(=O)c1cc(Oc2ccc(NC(=O)C(=O)Nc3ccc(C)cc3)cc2)ccn1. The Balaban J connectivity index is 1.59. The van der Waals surface area contributed by atoms with Gasteiger partial charge in [0.15, 0.2) is 0 Å². The number of carbonyl (C=O) groups is 3. The van der Waals surface area contributed by atoms with E-state index in [9.17, 15) is 14.4 Å². The topological polar surface area (TPSA) is 109 Å². The molecule has 3 aromatic rings. The Morgan fingerprint density at radius 2 is 1.37 bits per heavy atom. The summed E-state index contributed by atoms with van der Waals surface area (Å²) < 4.78 is 5.70. The molecular formula is C22H20N4O4. The number of benzene rings is 2. The van der Waals surface area contributed by atoms with Gasteiger partial charge in [-0.05, 0) is 49.4 Å². The third kappa shape index (κ3) is 5.41. The molecule has 0 fully saturated rings. The number of anilines is 2. The number of rotatable bonds is 5. The molecule has 8 heteroatoms. The van der Waals surface area contributed by atoms with Crippen LogP contribution in [0.3, 0.4) is 0 Å². The molecule has 2 aromatic carbocycles. The molecule has 0 spiro atoms. The van der Waals surface area contributed by atoms with Crippen LogP contribution in [0.4, 0.5) is 11.4 Å². The number of nitrogens with zero attached hydrogens (tertiary/aromatic N) is 1. The number of aryl methyl sites for hydroxylation is 1. The van der Waals surface area contributed by atoms with Crippen LogP contribution in [0.2, 0.25) is 0 Å². The molecule has 3 rings (SSSR count). The first-order valence-corrected chi connectivity index (χ1v) is 9.09. The van der Waals surface area contributed by atoms with Crippen LogP contribution in [-0.4, -0.2) is 29.8 Å². The van der Waals surface area contributed by atoms with Gasteiger partial charge in [-0.2, -0.15) is 0 Å². The fourth-order valence-electron chi connectivity index (χ4n) is 2.48. The smallest absolute Gasteiger partial charge is 0.314 e. The zero-order chi connectivity index (χ0) is 21.5. The van der Waals surface area contributed by atoms with Crippen molar-refractivity contribution in [2.24, 2.45) is 0 Å². The fraction of sp³-hybridized carbons (Fsp3) is 0.0909. The van der Waals surface area contributed by atoms with Gasteiger partial charge in [-0.15, -0.1) is 0 Å². The molecule has 152 valence electrons. The lowest BCUT2D eigenvalue weighted by Crippen LogP contribution is -2.29. The molecule has 0 aliphatic heterocycles. The molecule has 0 saturated heterocycles. The predicted molar refractivity (Wildman–Crippen MR) is 113 cm³/mol. The lowest BCUT2D eigenvalue weighted by molar-refractivity contribution is -0.132. The van der Waals surface area contributed by atoms with E-state index in [1.807, 2.05) is 19.1 Å². The summed E-state index contributed by atoms with van der Waals surface area (Å²) in [6, 6.07) is 16.7. The predicted octanol–water partition coefficient (Wildman–Crippen LogP) is 3.12. The Morgan fingerprint density at radius 1 is 0.800 bits per heavy atom. The minimum atomic E-state index is -0.784. The third-order valence-electron chi connectivity index (χ3n) is 4.05. The first-order chi connectivity index (χ1) is 14.4. The van der Waals surface area contributed by atoms with Gasteiger partial charge in [0.25, 0.3) is 5.91 Å². The second kappa shape index (κ2) is 9.33. The molecule has 8 nitrogen and oxygen atoms in total. The molecule has 3 amide bonds. The highest BCUT2D eigenvalue weighted by molar-refractivity contribution is 6.43. The molecule has 0 bridgehead atoms. The van der Waals surface area contributed by atoms with Crippen molar-refractivity contribution < 1.29 is 19.1 Å². The number of pyridine rings is 1. The Kier molecular flexibility index (Phi) is 6.39. The molecule has 0 radical (unpaired) electrons. The van der Waals surface area contributed by atoms with Gasteiger partial charge < -0.3 is 20.7 Å². The minimum Gasteiger partial charge on any atom is -0.457 e. The third-order valence-corrected chi connectivity index (χ3v) is 4.05. The zero-order valence-corrected chi connectivity index (χ0v) is 16.4. The number of aromatic nitrogens is 1. The highest BCUT2D eigenvalue weighted by atomic mass is 16.5. The van der Waals surface area contributed by atoms with Crippen molar-refractivity contribution in [3.63, 3.8) is 0 Å².